The van der Waals surface area contributed by atoms with Gasteiger partial charge in [0.15, 0.2) is 0 Å². The molecule has 2 unspecified atom stereocenters. The van der Waals surface area contributed by atoms with Gasteiger partial charge in [0.1, 0.15) is 6.04 Å². The quantitative estimate of drug-likeness (QED) is 0.846. The van der Waals surface area contributed by atoms with Gasteiger partial charge in [-0.05, 0) is 41.4 Å². The minimum absolute atomic E-state index is 0.0731. The molecule has 0 aliphatic carbocycles. The fraction of sp³-hybridized carbons (Fsp3) is 0.545. The summed E-state index contributed by atoms with van der Waals surface area (Å²) in [4.78, 5) is 12.1. The molecule has 1 rings (SSSR count). The zero-order valence-corrected chi connectivity index (χ0v) is 11.8. The average Bonchev–Trinajstić information content (AvgIpc) is 2.64. The zero-order chi connectivity index (χ0) is 12.1. The molecule has 0 aliphatic rings. The standard InChI is InChI=1S/C11H16BrNO2S/c1-3-4-8(11(14)15)13-7(2)9-5-6-10(12)16-9/h5-8,13H,3-4H2,1-2H3,(H,14,15). The van der Waals surface area contributed by atoms with Crippen LogP contribution in [0.25, 0.3) is 0 Å². The van der Waals surface area contributed by atoms with Crippen LogP contribution < -0.4 is 5.32 Å². The Labute approximate surface area is 108 Å². The van der Waals surface area contributed by atoms with Crippen molar-refractivity contribution in [2.75, 3.05) is 0 Å². The van der Waals surface area contributed by atoms with Crippen molar-refractivity contribution in [2.45, 2.75) is 38.8 Å². The molecule has 1 aromatic rings. The molecule has 90 valence electrons. The molecule has 2 atom stereocenters. The van der Waals surface area contributed by atoms with Gasteiger partial charge in [-0.3, -0.25) is 10.1 Å². The number of hydrogen-bond acceptors (Lipinski definition) is 3. The number of thiophene rings is 1. The van der Waals surface area contributed by atoms with E-state index in [1.165, 1.54) is 0 Å². The van der Waals surface area contributed by atoms with E-state index in [4.69, 9.17) is 5.11 Å². The van der Waals surface area contributed by atoms with Crippen LogP contribution in [0.4, 0.5) is 0 Å². The predicted molar refractivity (Wildman–Crippen MR) is 69.9 cm³/mol. The van der Waals surface area contributed by atoms with Crippen molar-refractivity contribution < 1.29 is 9.90 Å². The van der Waals surface area contributed by atoms with Crippen molar-refractivity contribution >= 4 is 33.2 Å². The molecule has 16 heavy (non-hydrogen) atoms. The van der Waals surface area contributed by atoms with Gasteiger partial charge in [0.25, 0.3) is 0 Å². The molecule has 0 bridgehead atoms. The van der Waals surface area contributed by atoms with Crippen molar-refractivity contribution in [2.24, 2.45) is 0 Å². The van der Waals surface area contributed by atoms with E-state index in [2.05, 4.69) is 21.2 Å². The third kappa shape index (κ3) is 3.88. The zero-order valence-electron chi connectivity index (χ0n) is 9.37. The molecule has 1 aromatic heterocycles. The second-order valence-electron chi connectivity index (χ2n) is 3.71. The summed E-state index contributed by atoms with van der Waals surface area (Å²) in [5.41, 5.74) is 0. The molecule has 0 spiro atoms. The topological polar surface area (TPSA) is 49.3 Å². The van der Waals surface area contributed by atoms with E-state index in [0.29, 0.717) is 6.42 Å². The Bertz CT molecular complexity index is 354. The SMILES string of the molecule is CCCC(NC(C)c1ccc(Br)s1)C(=O)O. The fourth-order valence-electron chi connectivity index (χ4n) is 1.51. The summed E-state index contributed by atoms with van der Waals surface area (Å²) in [7, 11) is 0. The summed E-state index contributed by atoms with van der Waals surface area (Å²) in [5, 5.41) is 12.2. The minimum Gasteiger partial charge on any atom is -0.480 e. The highest BCUT2D eigenvalue weighted by Gasteiger charge is 2.19. The highest BCUT2D eigenvalue weighted by molar-refractivity contribution is 9.11. The maximum absolute atomic E-state index is 11.0. The number of aliphatic carboxylic acids is 1. The Morgan fingerprint density at radius 3 is 2.75 bits per heavy atom. The summed E-state index contributed by atoms with van der Waals surface area (Å²) >= 11 is 5.03. The maximum atomic E-state index is 11.0. The van der Waals surface area contributed by atoms with E-state index in [0.717, 1.165) is 15.1 Å². The second kappa shape index (κ2) is 6.37. The third-order valence-corrected chi connectivity index (χ3v) is 4.15. The van der Waals surface area contributed by atoms with Gasteiger partial charge in [0.2, 0.25) is 0 Å². The molecular formula is C11H16BrNO2S. The monoisotopic (exact) mass is 305 g/mol. The van der Waals surface area contributed by atoms with Crippen LogP contribution in [0.1, 0.15) is 37.6 Å². The lowest BCUT2D eigenvalue weighted by Gasteiger charge is -2.18. The first kappa shape index (κ1) is 13.7. The smallest absolute Gasteiger partial charge is 0.320 e. The predicted octanol–water partition coefficient (Wildman–Crippen LogP) is 3.41. The molecule has 5 heteroatoms. The summed E-state index contributed by atoms with van der Waals surface area (Å²) in [5.74, 6) is -0.774. The average molecular weight is 306 g/mol. The molecule has 0 fully saturated rings. The fourth-order valence-corrected chi connectivity index (χ4v) is 2.95. The highest BCUT2D eigenvalue weighted by Crippen LogP contribution is 2.27. The van der Waals surface area contributed by atoms with E-state index in [-0.39, 0.29) is 6.04 Å². The first-order chi connectivity index (χ1) is 7.54. The molecule has 0 aliphatic heterocycles. The van der Waals surface area contributed by atoms with Gasteiger partial charge in [0, 0.05) is 10.9 Å². The van der Waals surface area contributed by atoms with Gasteiger partial charge in [-0.25, -0.2) is 0 Å². The molecule has 0 saturated carbocycles. The molecule has 3 nitrogen and oxygen atoms in total. The molecule has 0 saturated heterocycles. The lowest BCUT2D eigenvalue weighted by molar-refractivity contribution is -0.139. The van der Waals surface area contributed by atoms with Crippen LogP contribution in [0.3, 0.4) is 0 Å². The van der Waals surface area contributed by atoms with E-state index in [9.17, 15) is 4.79 Å². The Balaban J connectivity index is 2.61. The second-order valence-corrected chi connectivity index (χ2v) is 6.20. The van der Waals surface area contributed by atoms with Crippen LogP contribution in [-0.2, 0) is 4.79 Å². The summed E-state index contributed by atoms with van der Waals surface area (Å²) in [6.07, 6.45) is 1.52. The van der Waals surface area contributed by atoms with Gasteiger partial charge in [-0.1, -0.05) is 13.3 Å². The number of halogens is 1. The molecule has 0 amide bonds. The summed E-state index contributed by atoms with van der Waals surface area (Å²) in [6.45, 7) is 3.98. The van der Waals surface area contributed by atoms with Crippen LogP contribution in [0.2, 0.25) is 0 Å². The van der Waals surface area contributed by atoms with Crippen molar-refractivity contribution in [3.63, 3.8) is 0 Å². The van der Waals surface area contributed by atoms with E-state index >= 15 is 0 Å². The first-order valence-electron chi connectivity index (χ1n) is 5.28. The van der Waals surface area contributed by atoms with Crippen molar-refractivity contribution in [3.05, 3.63) is 20.8 Å². The van der Waals surface area contributed by atoms with Crippen molar-refractivity contribution in [1.29, 1.82) is 0 Å². The Hall–Kier alpha value is -0.390. The van der Waals surface area contributed by atoms with Gasteiger partial charge < -0.3 is 5.11 Å². The van der Waals surface area contributed by atoms with Crippen LogP contribution in [0, 0.1) is 0 Å². The van der Waals surface area contributed by atoms with E-state index in [1.54, 1.807) is 11.3 Å². The molecule has 2 N–H and O–H groups in total. The van der Waals surface area contributed by atoms with Crippen LogP contribution in [0.5, 0.6) is 0 Å². The third-order valence-electron chi connectivity index (χ3n) is 2.35. The number of rotatable bonds is 6. The minimum atomic E-state index is -0.774. The maximum Gasteiger partial charge on any atom is 0.320 e. The largest absolute Gasteiger partial charge is 0.480 e. The van der Waals surface area contributed by atoms with Crippen LogP contribution in [-0.4, -0.2) is 17.1 Å². The lowest BCUT2D eigenvalue weighted by Crippen LogP contribution is -2.37. The van der Waals surface area contributed by atoms with Gasteiger partial charge in [0.05, 0.1) is 3.79 Å². The highest BCUT2D eigenvalue weighted by atomic mass is 79.9. The number of nitrogens with one attached hydrogen (secondary N) is 1. The van der Waals surface area contributed by atoms with Crippen molar-refractivity contribution in [1.82, 2.24) is 5.32 Å². The molecule has 0 aromatic carbocycles. The number of carbonyl (C=O) groups is 1. The summed E-state index contributed by atoms with van der Waals surface area (Å²) in [6, 6.07) is 3.61. The molecular weight excluding hydrogens is 290 g/mol. The van der Waals surface area contributed by atoms with Crippen molar-refractivity contribution in [3.8, 4) is 0 Å². The molecule has 0 radical (unpaired) electrons. The van der Waals surface area contributed by atoms with Crippen LogP contribution in [0.15, 0.2) is 15.9 Å². The Kier molecular flexibility index (Phi) is 5.44. The summed E-state index contributed by atoms with van der Waals surface area (Å²) < 4.78 is 1.07. The van der Waals surface area contributed by atoms with Gasteiger partial charge in [-0.15, -0.1) is 11.3 Å². The van der Waals surface area contributed by atoms with Gasteiger partial charge in [-0.2, -0.15) is 0 Å². The Morgan fingerprint density at radius 1 is 1.62 bits per heavy atom. The first-order valence-corrected chi connectivity index (χ1v) is 6.89. The van der Waals surface area contributed by atoms with E-state index < -0.39 is 12.0 Å². The molecule has 1 heterocycles. The number of carboxylic acids is 1. The number of hydrogen-bond donors (Lipinski definition) is 2. The number of carboxylic acid groups (broad SMARTS) is 1. The Morgan fingerprint density at radius 2 is 2.31 bits per heavy atom. The van der Waals surface area contributed by atoms with E-state index in [1.807, 2.05) is 26.0 Å². The lowest BCUT2D eigenvalue weighted by atomic mass is 10.1. The van der Waals surface area contributed by atoms with Crippen LogP contribution >= 0.6 is 27.3 Å². The normalized spacial score (nSPS) is 14.7. The van der Waals surface area contributed by atoms with Gasteiger partial charge >= 0.3 is 5.97 Å².